The van der Waals surface area contributed by atoms with Crippen LogP contribution in [0.25, 0.3) is 0 Å². The summed E-state index contributed by atoms with van der Waals surface area (Å²) in [5.41, 5.74) is 4.46. The highest BCUT2D eigenvalue weighted by molar-refractivity contribution is 5.63. The van der Waals surface area contributed by atoms with Gasteiger partial charge in [-0.3, -0.25) is 0 Å². The molecule has 36 heavy (non-hydrogen) atoms. The van der Waals surface area contributed by atoms with E-state index in [1.165, 1.54) is 87.4 Å². The van der Waals surface area contributed by atoms with Crippen LogP contribution in [0.15, 0.2) is 84.9 Å². The normalized spacial score (nSPS) is 18.8. The molecule has 0 unspecified atom stereocenters. The third kappa shape index (κ3) is 6.72. The first-order valence-electron chi connectivity index (χ1n) is 14.3. The van der Waals surface area contributed by atoms with Gasteiger partial charge < -0.3 is 9.64 Å². The summed E-state index contributed by atoms with van der Waals surface area (Å²) in [5, 5.41) is 0. The first kappa shape index (κ1) is 26.3. The Bertz CT molecular complexity index is 953. The first-order chi connectivity index (χ1) is 17.8. The number of rotatable bonds is 16. The van der Waals surface area contributed by atoms with E-state index in [0.29, 0.717) is 6.04 Å². The van der Waals surface area contributed by atoms with Crippen molar-refractivity contribution in [3.63, 3.8) is 0 Å². The standard InChI is InChI=1S/C34H45NO/c1-3-4-5-6-7-8-9-16-27-34(28-17-18-29-23-25-32(36-2)26-24-29)33(30-19-12-10-13-20-30)35(34)31-21-14-11-15-22-31/h10-15,19-26,33H,3-9,16-18,27-28H2,1-2H3/t33-,34+,35?/m0/s1. The summed E-state index contributed by atoms with van der Waals surface area (Å²) in [6.07, 6.45) is 15.8. The summed E-state index contributed by atoms with van der Waals surface area (Å²) in [6, 6.07) is 31.4. The molecule has 0 aromatic heterocycles. The van der Waals surface area contributed by atoms with Gasteiger partial charge in [0.15, 0.2) is 0 Å². The number of aryl methyl sites for hydroxylation is 1. The van der Waals surface area contributed by atoms with Crippen LogP contribution in [-0.2, 0) is 6.42 Å². The number of hydrogen-bond acceptors (Lipinski definition) is 2. The van der Waals surface area contributed by atoms with Crippen molar-refractivity contribution in [2.45, 2.75) is 95.6 Å². The van der Waals surface area contributed by atoms with E-state index >= 15 is 0 Å². The summed E-state index contributed by atoms with van der Waals surface area (Å²) < 4.78 is 5.35. The lowest BCUT2D eigenvalue weighted by atomic mass is 9.88. The first-order valence-corrected chi connectivity index (χ1v) is 14.3. The molecular formula is C34H45NO. The van der Waals surface area contributed by atoms with E-state index < -0.39 is 0 Å². The van der Waals surface area contributed by atoms with Crippen LogP contribution in [0.2, 0.25) is 0 Å². The number of hydrogen-bond donors (Lipinski definition) is 0. The van der Waals surface area contributed by atoms with Crippen LogP contribution in [0.1, 0.15) is 94.7 Å². The van der Waals surface area contributed by atoms with Crippen LogP contribution < -0.4 is 9.64 Å². The lowest BCUT2D eigenvalue weighted by Gasteiger charge is -2.19. The van der Waals surface area contributed by atoms with Crippen LogP contribution in [-0.4, -0.2) is 12.6 Å². The van der Waals surface area contributed by atoms with Gasteiger partial charge in [-0.2, -0.15) is 0 Å². The van der Waals surface area contributed by atoms with Gasteiger partial charge in [0.2, 0.25) is 0 Å². The number of ether oxygens (including phenoxy) is 1. The molecule has 1 aliphatic rings. The molecule has 192 valence electrons. The molecule has 2 nitrogen and oxygen atoms in total. The Morgan fingerprint density at radius 1 is 0.667 bits per heavy atom. The predicted octanol–water partition coefficient (Wildman–Crippen LogP) is 9.55. The predicted molar refractivity (Wildman–Crippen MR) is 154 cm³/mol. The monoisotopic (exact) mass is 483 g/mol. The zero-order chi connectivity index (χ0) is 25.1. The van der Waals surface area contributed by atoms with Gasteiger partial charge in [-0.05, 0) is 61.1 Å². The lowest BCUT2D eigenvalue weighted by molar-refractivity contribution is 0.414. The number of para-hydroxylation sites is 1. The van der Waals surface area contributed by atoms with Crippen molar-refractivity contribution in [1.29, 1.82) is 0 Å². The van der Waals surface area contributed by atoms with Crippen LogP contribution >= 0.6 is 0 Å². The van der Waals surface area contributed by atoms with E-state index in [0.717, 1.165) is 12.2 Å². The highest BCUT2D eigenvalue weighted by atomic mass is 16.5. The van der Waals surface area contributed by atoms with Gasteiger partial charge in [0.05, 0.1) is 18.7 Å². The molecule has 1 saturated heterocycles. The van der Waals surface area contributed by atoms with Crippen LogP contribution in [0.3, 0.4) is 0 Å². The van der Waals surface area contributed by atoms with E-state index in [1.807, 2.05) is 0 Å². The molecule has 0 saturated carbocycles. The molecule has 0 N–H and O–H groups in total. The highest BCUT2D eigenvalue weighted by Gasteiger charge is 2.61. The average molecular weight is 484 g/mol. The number of anilines is 1. The van der Waals surface area contributed by atoms with Crippen molar-refractivity contribution in [3.8, 4) is 5.75 Å². The second kappa shape index (κ2) is 13.5. The van der Waals surface area contributed by atoms with Gasteiger partial charge in [0, 0.05) is 5.69 Å². The molecule has 2 heteroatoms. The molecule has 1 fully saturated rings. The van der Waals surface area contributed by atoms with Gasteiger partial charge >= 0.3 is 0 Å². The van der Waals surface area contributed by atoms with Crippen molar-refractivity contribution >= 4 is 5.69 Å². The smallest absolute Gasteiger partial charge is 0.118 e. The lowest BCUT2D eigenvalue weighted by Crippen LogP contribution is -2.19. The summed E-state index contributed by atoms with van der Waals surface area (Å²) in [5.74, 6) is 0.937. The molecule has 4 rings (SSSR count). The second-order valence-electron chi connectivity index (χ2n) is 10.5. The number of methoxy groups -OCH3 is 1. The second-order valence-corrected chi connectivity index (χ2v) is 10.5. The van der Waals surface area contributed by atoms with Crippen molar-refractivity contribution in [1.82, 2.24) is 0 Å². The highest BCUT2D eigenvalue weighted by Crippen LogP contribution is 2.60. The molecule has 1 heterocycles. The van der Waals surface area contributed by atoms with E-state index in [4.69, 9.17) is 4.74 Å². The fourth-order valence-corrected chi connectivity index (χ4v) is 6.06. The zero-order valence-corrected chi connectivity index (χ0v) is 22.5. The number of nitrogens with zero attached hydrogens (tertiary/aromatic N) is 1. The van der Waals surface area contributed by atoms with Gasteiger partial charge in [-0.15, -0.1) is 0 Å². The van der Waals surface area contributed by atoms with Crippen molar-refractivity contribution in [2.75, 3.05) is 12.0 Å². The summed E-state index contributed by atoms with van der Waals surface area (Å²) in [6.45, 7) is 2.30. The molecule has 0 amide bonds. The molecular weight excluding hydrogens is 438 g/mol. The van der Waals surface area contributed by atoms with Gasteiger partial charge in [0.25, 0.3) is 0 Å². The van der Waals surface area contributed by atoms with E-state index in [2.05, 4.69) is 96.8 Å². The van der Waals surface area contributed by atoms with E-state index in [1.54, 1.807) is 7.11 Å². The molecule has 0 aliphatic carbocycles. The molecule has 2 atom stereocenters. The molecule has 0 radical (unpaired) electrons. The molecule has 0 spiro atoms. The van der Waals surface area contributed by atoms with Gasteiger partial charge in [0.1, 0.15) is 5.75 Å². The minimum Gasteiger partial charge on any atom is -0.497 e. The Morgan fingerprint density at radius 2 is 1.25 bits per heavy atom. The Balaban J connectivity index is 1.45. The Hall–Kier alpha value is -2.74. The van der Waals surface area contributed by atoms with E-state index in [9.17, 15) is 0 Å². The minimum absolute atomic E-state index is 0.220. The number of unbranched alkanes of at least 4 members (excludes halogenated alkanes) is 7. The maximum absolute atomic E-state index is 5.35. The topological polar surface area (TPSA) is 12.2 Å². The van der Waals surface area contributed by atoms with Crippen molar-refractivity contribution in [2.24, 2.45) is 0 Å². The van der Waals surface area contributed by atoms with Crippen molar-refractivity contribution < 1.29 is 4.74 Å². The summed E-state index contributed by atoms with van der Waals surface area (Å²) in [4.78, 5) is 2.73. The fourth-order valence-electron chi connectivity index (χ4n) is 6.06. The van der Waals surface area contributed by atoms with E-state index in [-0.39, 0.29) is 5.54 Å². The summed E-state index contributed by atoms with van der Waals surface area (Å²) >= 11 is 0. The third-order valence-corrected chi connectivity index (χ3v) is 8.03. The maximum atomic E-state index is 5.35. The average Bonchev–Trinajstić information content (AvgIpc) is 3.59. The van der Waals surface area contributed by atoms with Crippen LogP contribution in [0.5, 0.6) is 5.75 Å². The molecule has 3 aromatic carbocycles. The summed E-state index contributed by atoms with van der Waals surface area (Å²) in [7, 11) is 1.74. The van der Waals surface area contributed by atoms with Crippen LogP contribution in [0.4, 0.5) is 5.69 Å². The van der Waals surface area contributed by atoms with Gasteiger partial charge in [-0.1, -0.05) is 119 Å². The molecule has 0 bridgehead atoms. The fraction of sp³-hybridized carbons (Fsp3) is 0.471. The SMILES string of the molecule is CCCCCCCCCC[C@@]1(CCCc2ccc(OC)cc2)[C@H](c2ccccc2)N1c1ccccc1. The van der Waals surface area contributed by atoms with Crippen LogP contribution in [0, 0.1) is 0 Å². The molecule has 1 aliphatic heterocycles. The zero-order valence-electron chi connectivity index (χ0n) is 22.5. The number of benzene rings is 3. The van der Waals surface area contributed by atoms with Crippen molar-refractivity contribution in [3.05, 3.63) is 96.1 Å². The maximum Gasteiger partial charge on any atom is 0.118 e. The third-order valence-electron chi connectivity index (χ3n) is 8.03. The largest absolute Gasteiger partial charge is 0.497 e. The Labute approximate surface area is 219 Å². The Morgan fingerprint density at radius 3 is 1.89 bits per heavy atom. The quantitative estimate of drug-likeness (QED) is 0.148. The minimum atomic E-state index is 0.220. The van der Waals surface area contributed by atoms with Gasteiger partial charge in [-0.25, -0.2) is 0 Å². The Kier molecular flexibility index (Phi) is 9.90. The molecule has 3 aromatic rings.